The minimum Gasteiger partial charge on any atom is -0.489 e. The fraction of sp³-hybridized carbons (Fsp3) is 0.368. The van der Waals surface area contributed by atoms with E-state index >= 15 is 0 Å². The van der Waals surface area contributed by atoms with Crippen LogP contribution in [-0.2, 0) is 6.61 Å². The summed E-state index contributed by atoms with van der Waals surface area (Å²) >= 11 is 0. The van der Waals surface area contributed by atoms with E-state index in [1.165, 1.54) is 0 Å². The highest BCUT2D eigenvalue weighted by molar-refractivity contribution is 6.32. The molecule has 0 unspecified atom stereocenters. The first-order valence-corrected chi connectivity index (χ1v) is 7.56. The summed E-state index contributed by atoms with van der Waals surface area (Å²) in [5.41, 5.74) is -0.101. The molecule has 0 atom stereocenters. The summed E-state index contributed by atoms with van der Waals surface area (Å²) in [5.74, 6) is 0.841. The molecule has 2 N–H and O–H groups in total. The average Bonchev–Trinajstić information content (AvgIpc) is 2.46. The molecule has 3 nitrogen and oxygen atoms in total. The van der Waals surface area contributed by atoms with Crippen LogP contribution in [0.5, 0.6) is 5.75 Å². The van der Waals surface area contributed by atoms with Gasteiger partial charge in [0.15, 0.2) is 0 Å². The Bertz CT molecular complexity index is 554. The summed E-state index contributed by atoms with van der Waals surface area (Å²) in [6.07, 6.45) is 0. The van der Waals surface area contributed by atoms with Crippen molar-refractivity contribution in [2.45, 2.75) is 45.5 Å². The zero-order chi connectivity index (χ0) is 17.5. The van der Waals surface area contributed by atoms with Crippen molar-refractivity contribution in [2.75, 3.05) is 0 Å². The molecule has 0 saturated heterocycles. The first-order valence-electron chi connectivity index (χ1n) is 7.56. The monoisotopic (exact) mass is 312 g/mol. The minimum absolute atomic E-state index is 0.588. The Labute approximate surface area is 140 Å². The maximum atomic E-state index is 9.10. The fourth-order valence-corrected chi connectivity index (χ4v) is 1.30. The predicted octanol–water partition coefficient (Wildman–Crippen LogP) is 2.59. The molecule has 0 saturated carbocycles. The lowest BCUT2D eigenvalue weighted by atomic mass is 9.90. The van der Waals surface area contributed by atoms with Crippen LogP contribution in [-0.4, -0.2) is 29.3 Å². The topological polar surface area (TPSA) is 49.7 Å². The number of aliphatic hydroxyl groups is 2. The summed E-state index contributed by atoms with van der Waals surface area (Å²) in [4.78, 5) is 0. The Morgan fingerprint density at radius 1 is 0.826 bits per heavy atom. The van der Waals surface area contributed by atoms with Crippen molar-refractivity contribution in [3.8, 4) is 5.75 Å². The van der Waals surface area contributed by atoms with Crippen LogP contribution in [0.4, 0.5) is 0 Å². The largest absolute Gasteiger partial charge is 0.489 e. The van der Waals surface area contributed by atoms with E-state index in [0.29, 0.717) is 6.61 Å². The Morgan fingerprint density at radius 2 is 1.30 bits per heavy atom. The highest BCUT2D eigenvalue weighted by Crippen LogP contribution is 2.19. The summed E-state index contributed by atoms with van der Waals surface area (Å²) in [5, 5.41) is 18.2. The van der Waals surface area contributed by atoms with E-state index in [4.69, 9.17) is 22.8 Å². The normalized spacial score (nSPS) is 11.4. The molecular weight excluding hydrogens is 287 g/mol. The third-order valence-corrected chi connectivity index (χ3v) is 3.63. The van der Waals surface area contributed by atoms with Crippen molar-refractivity contribution >= 4 is 13.3 Å². The van der Waals surface area contributed by atoms with Crippen LogP contribution in [0.2, 0.25) is 0 Å². The van der Waals surface area contributed by atoms with Gasteiger partial charge >= 0.3 is 0 Å². The van der Waals surface area contributed by atoms with E-state index < -0.39 is 11.2 Å². The Morgan fingerprint density at radius 3 is 1.74 bits per heavy atom. The van der Waals surface area contributed by atoms with Gasteiger partial charge in [-0.2, -0.15) is 0 Å². The maximum Gasteiger partial charge on any atom is 0.119 e. The molecule has 0 aromatic heterocycles. The van der Waals surface area contributed by atoms with Crippen LogP contribution in [0.15, 0.2) is 54.6 Å². The van der Waals surface area contributed by atoms with Gasteiger partial charge in [0, 0.05) is 0 Å². The molecule has 0 aliphatic rings. The van der Waals surface area contributed by atoms with Crippen LogP contribution in [0.25, 0.3) is 0 Å². The van der Waals surface area contributed by atoms with Gasteiger partial charge in [-0.25, -0.2) is 0 Å². The SMILES string of the molecule is CC(C)(O)C(C)(C)O.[B]c1ccc(OCc2ccccc2)cc1. The van der Waals surface area contributed by atoms with Crippen molar-refractivity contribution in [3.63, 3.8) is 0 Å². The quantitative estimate of drug-likeness (QED) is 0.853. The molecule has 0 heterocycles. The van der Waals surface area contributed by atoms with Crippen molar-refractivity contribution < 1.29 is 14.9 Å². The van der Waals surface area contributed by atoms with Gasteiger partial charge in [-0.15, -0.1) is 0 Å². The third kappa shape index (κ3) is 7.35. The van der Waals surface area contributed by atoms with E-state index in [-0.39, 0.29) is 0 Å². The summed E-state index contributed by atoms with van der Waals surface area (Å²) < 4.78 is 5.59. The maximum absolute atomic E-state index is 9.10. The second-order valence-electron chi connectivity index (χ2n) is 6.46. The van der Waals surface area contributed by atoms with Gasteiger partial charge in [-0.3, -0.25) is 0 Å². The predicted molar refractivity (Wildman–Crippen MR) is 95.2 cm³/mol. The van der Waals surface area contributed by atoms with E-state index in [2.05, 4.69) is 0 Å². The van der Waals surface area contributed by atoms with Gasteiger partial charge in [0.1, 0.15) is 20.2 Å². The molecule has 2 radical (unpaired) electrons. The fourth-order valence-electron chi connectivity index (χ4n) is 1.30. The highest BCUT2D eigenvalue weighted by Gasteiger charge is 2.31. The van der Waals surface area contributed by atoms with Crippen LogP contribution >= 0.6 is 0 Å². The molecule has 0 amide bonds. The van der Waals surface area contributed by atoms with Gasteiger partial charge in [0.2, 0.25) is 0 Å². The third-order valence-electron chi connectivity index (χ3n) is 3.63. The lowest BCUT2D eigenvalue weighted by Crippen LogP contribution is -2.44. The average molecular weight is 312 g/mol. The summed E-state index contributed by atoms with van der Waals surface area (Å²) in [6.45, 7) is 6.89. The van der Waals surface area contributed by atoms with Gasteiger partial charge in [-0.05, 0) is 45.4 Å². The van der Waals surface area contributed by atoms with Gasteiger partial charge in [0.05, 0.1) is 11.2 Å². The van der Waals surface area contributed by atoms with Crippen LogP contribution in [0, 0.1) is 0 Å². The molecule has 2 aromatic carbocycles. The van der Waals surface area contributed by atoms with Crippen LogP contribution in [0.3, 0.4) is 0 Å². The molecule has 0 spiro atoms. The molecule has 23 heavy (non-hydrogen) atoms. The number of ether oxygens (including phenoxy) is 1. The molecule has 0 fully saturated rings. The number of hydrogen-bond acceptors (Lipinski definition) is 3. The smallest absolute Gasteiger partial charge is 0.119 e. The van der Waals surface area contributed by atoms with Crippen molar-refractivity contribution in [3.05, 3.63) is 60.2 Å². The first-order chi connectivity index (χ1) is 10.6. The molecule has 4 heteroatoms. The molecular formula is C19H25BO3. The molecule has 0 bridgehead atoms. The lowest BCUT2D eigenvalue weighted by Gasteiger charge is -2.31. The standard InChI is InChI=1S/C13H11BO.C6H14O2/c14-12-6-8-13(9-7-12)15-10-11-4-2-1-3-5-11;1-5(2,7)6(3,4)8/h1-9H,10H2;7-8H,1-4H3. The first kappa shape index (κ1) is 19.3. The number of benzene rings is 2. The summed E-state index contributed by atoms with van der Waals surface area (Å²) in [7, 11) is 5.58. The van der Waals surface area contributed by atoms with E-state index in [1.54, 1.807) is 27.7 Å². The highest BCUT2D eigenvalue weighted by atomic mass is 16.5. The van der Waals surface area contributed by atoms with Crippen molar-refractivity contribution in [1.29, 1.82) is 0 Å². The van der Waals surface area contributed by atoms with Gasteiger partial charge in [-0.1, -0.05) is 47.9 Å². The number of hydrogen-bond donors (Lipinski definition) is 2. The molecule has 2 rings (SSSR count). The van der Waals surface area contributed by atoms with Gasteiger partial charge in [0.25, 0.3) is 0 Å². The molecule has 0 aliphatic carbocycles. The van der Waals surface area contributed by atoms with Crippen molar-refractivity contribution in [2.24, 2.45) is 0 Å². The van der Waals surface area contributed by atoms with E-state index in [0.717, 1.165) is 16.8 Å². The molecule has 0 aliphatic heterocycles. The Balaban J connectivity index is 0.000000284. The van der Waals surface area contributed by atoms with Crippen molar-refractivity contribution in [1.82, 2.24) is 0 Å². The minimum atomic E-state index is -1.01. The Hall–Kier alpha value is -1.78. The summed E-state index contributed by atoms with van der Waals surface area (Å²) in [6, 6.07) is 17.5. The van der Waals surface area contributed by atoms with Gasteiger partial charge < -0.3 is 14.9 Å². The van der Waals surface area contributed by atoms with Crippen LogP contribution < -0.4 is 10.2 Å². The van der Waals surface area contributed by atoms with Crippen LogP contribution in [0.1, 0.15) is 33.3 Å². The zero-order valence-electron chi connectivity index (χ0n) is 14.3. The zero-order valence-corrected chi connectivity index (χ0v) is 14.3. The Kier molecular flexibility index (Phi) is 6.86. The van der Waals surface area contributed by atoms with E-state index in [1.807, 2.05) is 54.6 Å². The van der Waals surface area contributed by atoms with E-state index in [9.17, 15) is 0 Å². The molecule has 122 valence electrons. The second kappa shape index (κ2) is 8.18. The molecule has 2 aromatic rings. The number of rotatable bonds is 4. The second-order valence-corrected chi connectivity index (χ2v) is 6.46. The lowest BCUT2D eigenvalue weighted by molar-refractivity contribution is -0.107.